The van der Waals surface area contributed by atoms with Gasteiger partial charge in [-0.05, 0) is 24.6 Å². The standard InChI is InChI=1S/C24H28N4O2S/c1-17(23(29)27-14-18-8-4-2-5-9-18)30-24-22(26-15-20(25)16-31)13-12-21(28-24)19-10-6-3-7-11-19/h2-13,17,20,26,31H,14-16,25H2,1H3,(H,27,29)/t17-,20?/m1/s1. The molecule has 1 aromatic heterocycles. The highest BCUT2D eigenvalue weighted by Gasteiger charge is 2.18. The number of nitrogens with zero attached hydrogens (tertiary/aromatic N) is 1. The van der Waals surface area contributed by atoms with Gasteiger partial charge in [0.25, 0.3) is 5.91 Å². The highest BCUT2D eigenvalue weighted by Crippen LogP contribution is 2.28. The zero-order valence-corrected chi connectivity index (χ0v) is 18.4. The van der Waals surface area contributed by atoms with Crippen molar-refractivity contribution in [2.75, 3.05) is 17.6 Å². The summed E-state index contributed by atoms with van der Waals surface area (Å²) in [6, 6.07) is 23.3. The number of anilines is 1. The predicted molar refractivity (Wildman–Crippen MR) is 128 cm³/mol. The Morgan fingerprint density at radius 2 is 1.74 bits per heavy atom. The molecular weight excluding hydrogens is 408 g/mol. The minimum Gasteiger partial charge on any atom is -0.463 e. The lowest BCUT2D eigenvalue weighted by Crippen LogP contribution is -2.36. The maximum Gasteiger partial charge on any atom is 0.261 e. The molecule has 3 rings (SSSR count). The van der Waals surface area contributed by atoms with Gasteiger partial charge >= 0.3 is 0 Å². The van der Waals surface area contributed by atoms with Gasteiger partial charge in [0.05, 0.1) is 11.4 Å². The van der Waals surface area contributed by atoms with E-state index in [1.165, 1.54) is 0 Å². The molecule has 1 unspecified atom stereocenters. The quantitative estimate of drug-likeness (QED) is 0.365. The van der Waals surface area contributed by atoms with Crippen LogP contribution in [0.4, 0.5) is 5.69 Å². The molecule has 0 bridgehead atoms. The predicted octanol–water partition coefficient (Wildman–Crippen LogP) is 3.50. The van der Waals surface area contributed by atoms with E-state index in [1.807, 2.05) is 72.8 Å². The number of amides is 1. The third-order valence-electron chi connectivity index (χ3n) is 4.69. The molecule has 2 aromatic carbocycles. The molecule has 0 radical (unpaired) electrons. The highest BCUT2D eigenvalue weighted by atomic mass is 32.1. The first-order chi connectivity index (χ1) is 15.1. The Labute approximate surface area is 188 Å². The van der Waals surface area contributed by atoms with Gasteiger partial charge in [-0.1, -0.05) is 60.7 Å². The topological polar surface area (TPSA) is 89.3 Å². The Balaban J connectivity index is 1.74. The molecule has 4 N–H and O–H groups in total. The van der Waals surface area contributed by atoms with Crippen molar-refractivity contribution >= 4 is 24.2 Å². The molecule has 0 fully saturated rings. The Hall–Kier alpha value is -3.03. The van der Waals surface area contributed by atoms with Crippen molar-refractivity contribution in [1.82, 2.24) is 10.3 Å². The van der Waals surface area contributed by atoms with Gasteiger partial charge in [0.1, 0.15) is 0 Å². The number of benzene rings is 2. The van der Waals surface area contributed by atoms with E-state index in [1.54, 1.807) is 6.92 Å². The van der Waals surface area contributed by atoms with Crippen LogP contribution in [0.15, 0.2) is 72.8 Å². The fraction of sp³-hybridized carbons (Fsp3) is 0.250. The largest absolute Gasteiger partial charge is 0.463 e. The number of hydrogen-bond acceptors (Lipinski definition) is 6. The van der Waals surface area contributed by atoms with Crippen LogP contribution in [0.5, 0.6) is 5.88 Å². The van der Waals surface area contributed by atoms with Crippen LogP contribution in [0.2, 0.25) is 0 Å². The first-order valence-corrected chi connectivity index (χ1v) is 10.8. The van der Waals surface area contributed by atoms with Crippen LogP contribution in [-0.4, -0.2) is 35.3 Å². The van der Waals surface area contributed by atoms with Crippen LogP contribution in [0, 0.1) is 0 Å². The monoisotopic (exact) mass is 436 g/mol. The van der Waals surface area contributed by atoms with Crippen LogP contribution >= 0.6 is 12.6 Å². The minimum atomic E-state index is -0.721. The normalized spacial score (nSPS) is 12.6. The Morgan fingerprint density at radius 1 is 1.06 bits per heavy atom. The average molecular weight is 437 g/mol. The number of ether oxygens (including phenoxy) is 1. The lowest BCUT2D eigenvalue weighted by atomic mass is 10.1. The smallest absolute Gasteiger partial charge is 0.261 e. The van der Waals surface area contributed by atoms with Crippen molar-refractivity contribution in [2.45, 2.75) is 25.6 Å². The van der Waals surface area contributed by atoms with Crippen LogP contribution in [0.1, 0.15) is 12.5 Å². The van der Waals surface area contributed by atoms with Gasteiger partial charge in [-0.2, -0.15) is 12.6 Å². The summed E-state index contributed by atoms with van der Waals surface area (Å²) in [7, 11) is 0. The van der Waals surface area contributed by atoms with E-state index in [4.69, 9.17) is 10.5 Å². The van der Waals surface area contributed by atoms with Crippen LogP contribution in [-0.2, 0) is 11.3 Å². The molecular formula is C24H28N4O2S. The third kappa shape index (κ3) is 6.73. The number of rotatable bonds is 10. The molecule has 0 aliphatic heterocycles. The van der Waals surface area contributed by atoms with Gasteiger partial charge in [-0.25, -0.2) is 4.98 Å². The lowest BCUT2D eigenvalue weighted by molar-refractivity contribution is -0.127. The summed E-state index contributed by atoms with van der Waals surface area (Å²) in [5, 5.41) is 6.15. The van der Waals surface area contributed by atoms with E-state index >= 15 is 0 Å². The van der Waals surface area contributed by atoms with E-state index in [0.717, 1.165) is 16.8 Å². The molecule has 0 saturated carbocycles. The van der Waals surface area contributed by atoms with E-state index in [-0.39, 0.29) is 11.9 Å². The SMILES string of the molecule is C[C@@H](Oc1nc(-c2ccccc2)ccc1NCC(N)CS)C(=O)NCc1ccccc1. The van der Waals surface area contributed by atoms with E-state index in [9.17, 15) is 4.79 Å². The number of hydrogen-bond donors (Lipinski definition) is 4. The number of nitrogens with two attached hydrogens (primary N) is 1. The second-order valence-corrected chi connectivity index (χ2v) is 7.57. The minimum absolute atomic E-state index is 0.114. The number of carbonyl (C=O) groups is 1. The fourth-order valence-corrected chi connectivity index (χ4v) is 3.02. The Kier molecular flexibility index (Phi) is 8.32. The molecule has 0 aliphatic rings. The molecule has 1 amide bonds. The molecule has 162 valence electrons. The van der Waals surface area contributed by atoms with Gasteiger partial charge < -0.3 is 21.1 Å². The summed E-state index contributed by atoms with van der Waals surface area (Å²) in [6.07, 6.45) is -0.721. The van der Waals surface area contributed by atoms with Crippen molar-refractivity contribution in [3.63, 3.8) is 0 Å². The summed E-state index contributed by atoms with van der Waals surface area (Å²) >= 11 is 4.22. The summed E-state index contributed by atoms with van der Waals surface area (Å²) in [6.45, 7) is 2.66. The van der Waals surface area contributed by atoms with Crippen molar-refractivity contribution < 1.29 is 9.53 Å². The van der Waals surface area contributed by atoms with Crippen molar-refractivity contribution in [3.05, 3.63) is 78.4 Å². The maximum atomic E-state index is 12.6. The van der Waals surface area contributed by atoms with Gasteiger partial charge in [0.15, 0.2) is 6.10 Å². The van der Waals surface area contributed by atoms with Crippen LogP contribution in [0.25, 0.3) is 11.3 Å². The number of carbonyl (C=O) groups excluding carboxylic acids is 1. The second kappa shape index (κ2) is 11.4. The molecule has 1 heterocycles. The van der Waals surface area contributed by atoms with Gasteiger partial charge in [-0.15, -0.1) is 0 Å². The lowest BCUT2D eigenvalue weighted by Gasteiger charge is -2.19. The molecule has 0 aliphatic carbocycles. The van der Waals surface area contributed by atoms with Crippen LogP contribution < -0.4 is 21.1 Å². The number of pyridine rings is 1. The first kappa shape index (κ1) is 22.7. The van der Waals surface area contributed by atoms with Crippen molar-refractivity contribution in [3.8, 4) is 17.1 Å². The molecule has 6 nitrogen and oxygen atoms in total. The third-order valence-corrected chi connectivity index (χ3v) is 5.16. The fourth-order valence-electron chi connectivity index (χ4n) is 2.89. The number of aromatic nitrogens is 1. The molecule has 0 saturated heterocycles. The molecule has 2 atom stereocenters. The summed E-state index contributed by atoms with van der Waals surface area (Å²) in [5.74, 6) is 0.695. The Morgan fingerprint density at radius 3 is 2.42 bits per heavy atom. The van der Waals surface area contributed by atoms with E-state index in [0.29, 0.717) is 30.4 Å². The molecule has 31 heavy (non-hydrogen) atoms. The number of nitrogens with one attached hydrogen (secondary N) is 2. The van der Waals surface area contributed by atoms with E-state index < -0.39 is 6.10 Å². The summed E-state index contributed by atoms with van der Waals surface area (Å²) in [4.78, 5) is 17.2. The zero-order valence-electron chi connectivity index (χ0n) is 17.5. The number of thiol groups is 1. The van der Waals surface area contributed by atoms with Crippen LogP contribution in [0.3, 0.4) is 0 Å². The maximum absolute atomic E-state index is 12.6. The average Bonchev–Trinajstić information content (AvgIpc) is 2.82. The van der Waals surface area contributed by atoms with Crippen molar-refractivity contribution in [1.29, 1.82) is 0 Å². The first-order valence-electron chi connectivity index (χ1n) is 10.2. The Bertz CT molecular complexity index is 970. The molecule has 0 spiro atoms. The van der Waals surface area contributed by atoms with Gasteiger partial charge in [-0.3, -0.25) is 4.79 Å². The highest BCUT2D eigenvalue weighted by molar-refractivity contribution is 7.80. The van der Waals surface area contributed by atoms with Crippen molar-refractivity contribution in [2.24, 2.45) is 5.73 Å². The molecule has 3 aromatic rings. The molecule has 7 heteroatoms. The summed E-state index contributed by atoms with van der Waals surface area (Å²) in [5.41, 5.74) is 9.40. The zero-order chi connectivity index (χ0) is 22.1. The van der Waals surface area contributed by atoms with E-state index in [2.05, 4.69) is 28.2 Å². The summed E-state index contributed by atoms with van der Waals surface area (Å²) < 4.78 is 5.98. The van der Waals surface area contributed by atoms with Gasteiger partial charge in [0.2, 0.25) is 5.88 Å². The second-order valence-electron chi connectivity index (χ2n) is 7.20. The van der Waals surface area contributed by atoms with Gasteiger partial charge in [0, 0.05) is 30.4 Å².